The predicted molar refractivity (Wildman–Crippen MR) is 76.2 cm³/mol. The van der Waals surface area contributed by atoms with Crippen molar-refractivity contribution >= 4 is 5.78 Å². The summed E-state index contributed by atoms with van der Waals surface area (Å²) < 4.78 is 11.0. The summed E-state index contributed by atoms with van der Waals surface area (Å²) in [5.41, 5.74) is 3.53. The molecule has 2 aromatic carbocycles. The number of benzene rings is 2. The van der Waals surface area contributed by atoms with E-state index in [4.69, 9.17) is 9.47 Å². The minimum absolute atomic E-state index is 0.0288. The largest absolute Gasteiger partial charge is 0.507 e. The number of ketones is 1. The second kappa shape index (κ2) is 4.16. The van der Waals surface area contributed by atoms with Crippen LogP contribution in [-0.4, -0.2) is 24.1 Å². The Bertz CT molecular complexity index is 743. The summed E-state index contributed by atoms with van der Waals surface area (Å²) in [5.74, 6) is -1.54. The normalized spacial score (nSPS) is 18.6. The fourth-order valence-electron chi connectivity index (χ4n) is 3.10. The molecular weight excluding hydrogens is 268 g/mol. The summed E-state index contributed by atoms with van der Waals surface area (Å²) in [6.07, 6.45) is 0. The number of ether oxygens (including phenoxy) is 2. The lowest BCUT2D eigenvalue weighted by Gasteiger charge is -2.37. The van der Waals surface area contributed by atoms with Crippen LogP contribution in [0.5, 0.6) is 5.75 Å². The predicted octanol–water partition coefficient (Wildman–Crippen LogP) is 2.76. The van der Waals surface area contributed by atoms with Gasteiger partial charge >= 0.3 is 0 Å². The molecule has 106 valence electrons. The monoisotopic (exact) mass is 282 g/mol. The van der Waals surface area contributed by atoms with Crippen molar-refractivity contribution in [1.82, 2.24) is 0 Å². The van der Waals surface area contributed by atoms with Crippen molar-refractivity contribution in [2.45, 2.75) is 12.7 Å². The van der Waals surface area contributed by atoms with Gasteiger partial charge in [0.15, 0.2) is 0 Å². The number of hydrogen-bond donors (Lipinski definition) is 1. The summed E-state index contributed by atoms with van der Waals surface area (Å²) in [4.78, 5) is 12.3. The topological polar surface area (TPSA) is 55.8 Å². The van der Waals surface area contributed by atoms with Crippen molar-refractivity contribution in [3.05, 3.63) is 53.1 Å². The van der Waals surface area contributed by atoms with Crippen LogP contribution in [0.3, 0.4) is 0 Å². The lowest BCUT2D eigenvalue weighted by atomic mass is 9.76. The van der Waals surface area contributed by atoms with Crippen LogP contribution >= 0.6 is 0 Å². The first kappa shape index (κ1) is 12.6. The molecule has 4 rings (SSSR count). The third kappa shape index (κ3) is 1.49. The Morgan fingerprint density at radius 1 is 1.14 bits per heavy atom. The Hall–Kier alpha value is -2.17. The first-order valence-corrected chi connectivity index (χ1v) is 6.90. The maximum absolute atomic E-state index is 12.3. The molecule has 1 heterocycles. The van der Waals surface area contributed by atoms with Crippen LogP contribution in [0, 0.1) is 6.92 Å². The van der Waals surface area contributed by atoms with Gasteiger partial charge in [-0.3, -0.25) is 4.79 Å². The van der Waals surface area contributed by atoms with Gasteiger partial charge in [0.25, 0.3) is 5.79 Å². The van der Waals surface area contributed by atoms with Crippen LogP contribution in [0.25, 0.3) is 11.1 Å². The Kier molecular flexibility index (Phi) is 2.49. The Labute approximate surface area is 121 Å². The molecule has 0 saturated carbocycles. The van der Waals surface area contributed by atoms with E-state index in [0.29, 0.717) is 29.9 Å². The molecule has 1 fully saturated rings. The van der Waals surface area contributed by atoms with Crippen molar-refractivity contribution in [3.8, 4) is 16.9 Å². The third-order valence-corrected chi connectivity index (χ3v) is 4.21. The molecule has 1 N–H and O–H groups in total. The molecule has 2 aromatic rings. The van der Waals surface area contributed by atoms with Gasteiger partial charge < -0.3 is 14.6 Å². The molecule has 1 aliphatic heterocycles. The highest BCUT2D eigenvalue weighted by Gasteiger charge is 2.58. The maximum Gasteiger partial charge on any atom is 0.262 e. The number of hydrogen-bond acceptors (Lipinski definition) is 4. The number of carbonyl (C=O) groups excluding carboxylic acids is 1. The zero-order chi connectivity index (χ0) is 14.6. The SMILES string of the molecule is Cc1c(-c2ccccc2)cc2c(c1O)C(=O)C21OCCO1. The van der Waals surface area contributed by atoms with Crippen molar-refractivity contribution in [1.29, 1.82) is 0 Å². The fraction of sp³-hybridized carbons (Fsp3) is 0.235. The number of phenols is 1. The molecule has 0 unspecified atom stereocenters. The van der Waals surface area contributed by atoms with E-state index in [0.717, 1.165) is 11.1 Å². The molecule has 0 atom stereocenters. The third-order valence-electron chi connectivity index (χ3n) is 4.21. The van der Waals surface area contributed by atoms with Gasteiger partial charge in [-0.15, -0.1) is 0 Å². The highest BCUT2D eigenvalue weighted by molar-refractivity contribution is 6.14. The minimum atomic E-state index is -1.29. The van der Waals surface area contributed by atoms with Crippen molar-refractivity contribution in [2.24, 2.45) is 0 Å². The summed E-state index contributed by atoms with van der Waals surface area (Å²) in [6.45, 7) is 2.59. The molecule has 21 heavy (non-hydrogen) atoms. The summed E-state index contributed by atoms with van der Waals surface area (Å²) in [6, 6.07) is 11.7. The number of fused-ring (bicyclic) bond motifs is 2. The van der Waals surface area contributed by atoms with Crippen LogP contribution in [-0.2, 0) is 15.3 Å². The molecule has 4 nitrogen and oxygen atoms in total. The number of aromatic hydroxyl groups is 1. The van der Waals surface area contributed by atoms with Crippen LogP contribution in [0.4, 0.5) is 0 Å². The second-order valence-electron chi connectivity index (χ2n) is 5.33. The number of phenolic OH excluding ortho intramolecular Hbond substituents is 1. The average Bonchev–Trinajstić information content (AvgIpc) is 3.02. The number of rotatable bonds is 1. The molecule has 1 saturated heterocycles. The Morgan fingerprint density at radius 2 is 1.81 bits per heavy atom. The van der Waals surface area contributed by atoms with Gasteiger partial charge in [-0.2, -0.15) is 0 Å². The lowest BCUT2D eigenvalue weighted by Crippen LogP contribution is -2.47. The maximum atomic E-state index is 12.3. The van der Waals surface area contributed by atoms with Crippen molar-refractivity contribution < 1.29 is 19.4 Å². The van der Waals surface area contributed by atoms with Crippen LogP contribution in [0.2, 0.25) is 0 Å². The standard InChI is InChI=1S/C17H14O4/c1-10-12(11-5-3-2-4-6-11)9-13-14(15(10)18)16(19)17(13)20-7-8-21-17/h2-6,9,18H,7-8H2,1H3. The molecule has 1 aliphatic carbocycles. The van der Waals surface area contributed by atoms with Gasteiger partial charge in [0, 0.05) is 5.56 Å². The summed E-state index contributed by atoms with van der Waals surface area (Å²) >= 11 is 0. The summed E-state index contributed by atoms with van der Waals surface area (Å²) in [5, 5.41) is 10.4. The zero-order valence-electron chi connectivity index (χ0n) is 11.6. The Balaban J connectivity index is 1.95. The van der Waals surface area contributed by atoms with Crippen LogP contribution in [0.15, 0.2) is 36.4 Å². The first-order chi connectivity index (χ1) is 10.1. The molecule has 4 heteroatoms. The molecule has 2 aliphatic rings. The Morgan fingerprint density at radius 3 is 2.48 bits per heavy atom. The first-order valence-electron chi connectivity index (χ1n) is 6.90. The van der Waals surface area contributed by atoms with E-state index < -0.39 is 5.79 Å². The van der Waals surface area contributed by atoms with E-state index in [1.807, 2.05) is 43.3 Å². The highest BCUT2D eigenvalue weighted by atomic mass is 16.7. The van der Waals surface area contributed by atoms with Crippen molar-refractivity contribution in [2.75, 3.05) is 13.2 Å². The van der Waals surface area contributed by atoms with E-state index in [1.54, 1.807) is 0 Å². The molecule has 0 aromatic heterocycles. The summed E-state index contributed by atoms with van der Waals surface area (Å²) in [7, 11) is 0. The number of carbonyl (C=O) groups is 1. The van der Waals surface area contributed by atoms with E-state index in [1.165, 1.54) is 0 Å². The molecule has 1 spiro atoms. The molecule has 0 amide bonds. The quantitative estimate of drug-likeness (QED) is 0.873. The van der Waals surface area contributed by atoms with Crippen LogP contribution < -0.4 is 0 Å². The zero-order valence-corrected chi connectivity index (χ0v) is 11.6. The lowest BCUT2D eigenvalue weighted by molar-refractivity contribution is -0.137. The minimum Gasteiger partial charge on any atom is -0.507 e. The van der Waals surface area contributed by atoms with Gasteiger partial charge in [-0.1, -0.05) is 30.3 Å². The van der Waals surface area contributed by atoms with Gasteiger partial charge in [-0.25, -0.2) is 0 Å². The van der Waals surface area contributed by atoms with Gasteiger partial charge in [-0.05, 0) is 29.7 Å². The molecule has 0 radical (unpaired) electrons. The fourth-order valence-corrected chi connectivity index (χ4v) is 3.10. The van der Waals surface area contributed by atoms with Gasteiger partial charge in [0.1, 0.15) is 5.75 Å². The van der Waals surface area contributed by atoms with Gasteiger partial charge in [0.05, 0.1) is 18.8 Å². The number of Topliss-reactive ketones (excluding diaryl/α,β-unsaturated/α-hetero) is 1. The van der Waals surface area contributed by atoms with E-state index in [9.17, 15) is 9.90 Å². The smallest absolute Gasteiger partial charge is 0.262 e. The van der Waals surface area contributed by atoms with E-state index in [-0.39, 0.29) is 11.5 Å². The van der Waals surface area contributed by atoms with E-state index in [2.05, 4.69) is 0 Å². The second-order valence-corrected chi connectivity index (χ2v) is 5.33. The van der Waals surface area contributed by atoms with E-state index >= 15 is 0 Å². The average molecular weight is 282 g/mol. The molecular formula is C17H14O4. The van der Waals surface area contributed by atoms with Crippen LogP contribution in [0.1, 0.15) is 21.5 Å². The highest BCUT2D eigenvalue weighted by Crippen LogP contribution is 2.51. The van der Waals surface area contributed by atoms with Gasteiger partial charge in [0.2, 0.25) is 5.78 Å². The molecule has 0 bridgehead atoms. The van der Waals surface area contributed by atoms with Crippen molar-refractivity contribution in [3.63, 3.8) is 0 Å².